The summed E-state index contributed by atoms with van der Waals surface area (Å²) in [4.78, 5) is 12.5. The van der Waals surface area contributed by atoms with E-state index in [1.165, 1.54) is 4.68 Å². The summed E-state index contributed by atoms with van der Waals surface area (Å²) in [5, 5.41) is 4.19. The van der Waals surface area contributed by atoms with Crippen LogP contribution in [-0.2, 0) is 39.8 Å². The van der Waals surface area contributed by atoms with E-state index in [9.17, 15) is 4.79 Å². The zero-order valence-electron chi connectivity index (χ0n) is 15.6. The van der Waals surface area contributed by atoms with Crippen molar-refractivity contribution in [2.45, 2.75) is 27.7 Å². The molecule has 0 spiro atoms. The van der Waals surface area contributed by atoms with Crippen LogP contribution in [0.1, 0.15) is 25.1 Å². The molecule has 0 saturated carbocycles. The summed E-state index contributed by atoms with van der Waals surface area (Å²) < 4.78 is 7.01. The van der Waals surface area contributed by atoms with Crippen molar-refractivity contribution in [3.8, 4) is 16.9 Å². The Morgan fingerprint density at radius 3 is 2.38 bits per heavy atom. The number of hydrogen-bond acceptors (Lipinski definition) is 3. The largest absolute Gasteiger partial charge is 0.487 e. The normalized spacial score (nSPS) is 8.88. The maximum absolute atomic E-state index is 12.5. The number of aryl methyl sites for hydroxylation is 3. The van der Waals surface area contributed by atoms with Crippen molar-refractivity contribution in [1.29, 1.82) is 0 Å². The van der Waals surface area contributed by atoms with Crippen LogP contribution in [-0.4, -0.2) is 16.4 Å². The van der Waals surface area contributed by atoms with E-state index in [0.29, 0.717) is 23.6 Å². The minimum Gasteiger partial charge on any atom is -0.487 e. The summed E-state index contributed by atoms with van der Waals surface area (Å²) in [6, 6.07) is 7.75. The third kappa shape index (κ3) is 5.68. The van der Waals surface area contributed by atoms with Gasteiger partial charge in [0.15, 0.2) is 5.75 Å². The molecule has 129 valence electrons. The zero-order chi connectivity index (χ0) is 16.7. The number of ether oxygens (including phenoxy) is 1. The molecule has 4 nitrogen and oxygen atoms in total. The molecule has 0 bridgehead atoms. The van der Waals surface area contributed by atoms with Crippen LogP contribution in [0.3, 0.4) is 0 Å². The number of benzene rings is 1. The third-order valence-corrected chi connectivity index (χ3v) is 3.12. The minimum atomic E-state index is -0.163. The van der Waals surface area contributed by atoms with E-state index in [1.807, 2.05) is 52.0 Å². The Bertz CT molecular complexity index is 709. The van der Waals surface area contributed by atoms with Gasteiger partial charge in [0.05, 0.1) is 5.56 Å². The van der Waals surface area contributed by atoms with Crippen LogP contribution in [0, 0.1) is 21.3 Å². The van der Waals surface area contributed by atoms with Crippen LogP contribution in [0.15, 0.2) is 41.7 Å². The Labute approximate surface area is 170 Å². The molecule has 0 saturated heterocycles. The summed E-state index contributed by atoms with van der Waals surface area (Å²) in [6.45, 7) is 11.8. The molecule has 2 aromatic rings. The van der Waals surface area contributed by atoms with Crippen molar-refractivity contribution in [3.05, 3.63) is 66.0 Å². The molecule has 24 heavy (non-hydrogen) atoms. The minimum absolute atomic E-state index is 0. The van der Waals surface area contributed by atoms with Crippen LogP contribution in [0.2, 0.25) is 0 Å². The smallest absolute Gasteiger partial charge is 0.278 e. The van der Waals surface area contributed by atoms with E-state index in [2.05, 4.69) is 11.7 Å². The molecule has 0 aliphatic carbocycles. The van der Waals surface area contributed by atoms with E-state index in [-0.39, 0.29) is 45.7 Å². The van der Waals surface area contributed by atoms with Crippen molar-refractivity contribution in [3.63, 3.8) is 0 Å². The molecule has 1 aromatic carbocycles. The predicted octanol–water partition coefficient (Wildman–Crippen LogP) is 4.10. The van der Waals surface area contributed by atoms with Crippen molar-refractivity contribution < 1.29 is 37.4 Å². The fourth-order valence-corrected chi connectivity index (χ4v) is 2.17. The van der Waals surface area contributed by atoms with Gasteiger partial charge in [0.1, 0.15) is 12.3 Å². The van der Waals surface area contributed by atoms with Crippen LogP contribution in [0.25, 0.3) is 11.1 Å². The fourth-order valence-electron chi connectivity index (χ4n) is 2.17. The second kappa shape index (κ2) is 12.2. The summed E-state index contributed by atoms with van der Waals surface area (Å²) in [6.07, 6.45) is 1.65. The Kier molecular flexibility index (Phi) is 12.7. The van der Waals surface area contributed by atoms with E-state index >= 15 is 0 Å². The molecule has 0 amide bonds. The molecular weight excluding hydrogens is 377 g/mol. The molecule has 1 radical (unpaired) electrons. The molecule has 0 aliphatic heterocycles. The van der Waals surface area contributed by atoms with Crippen molar-refractivity contribution in [2.75, 3.05) is 6.61 Å². The average molecular weight is 404 g/mol. The maximum Gasteiger partial charge on any atom is 0.278 e. The molecule has 0 unspecified atom stereocenters. The number of hydrogen-bond donors (Lipinski definition) is 0. The second-order valence-electron chi connectivity index (χ2n) is 4.63. The van der Waals surface area contributed by atoms with Crippen molar-refractivity contribution in [2.24, 2.45) is 7.05 Å². The first kappa shape index (κ1) is 25.0. The third-order valence-electron chi connectivity index (χ3n) is 3.12. The van der Waals surface area contributed by atoms with Gasteiger partial charge in [-0.05, 0) is 25.0 Å². The van der Waals surface area contributed by atoms with Gasteiger partial charge in [-0.1, -0.05) is 50.8 Å². The molecule has 0 aliphatic rings. The van der Waals surface area contributed by atoms with Gasteiger partial charge in [-0.15, -0.1) is 0 Å². The van der Waals surface area contributed by atoms with E-state index in [0.717, 1.165) is 11.1 Å². The monoisotopic (exact) mass is 404 g/mol. The summed E-state index contributed by atoms with van der Waals surface area (Å²) in [5.41, 5.74) is 2.98. The van der Waals surface area contributed by atoms with Crippen molar-refractivity contribution >= 4 is 0 Å². The van der Waals surface area contributed by atoms with Gasteiger partial charge in [0.25, 0.3) is 5.56 Å². The Balaban J connectivity index is 0. The molecular formula is C19H27N2O2Y-. The second-order valence-corrected chi connectivity index (χ2v) is 4.63. The van der Waals surface area contributed by atoms with Crippen LogP contribution in [0.5, 0.6) is 5.75 Å². The Morgan fingerprint density at radius 1 is 1.25 bits per heavy atom. The quantitative estimate of drug-likeness (QED) is 0.569. The van der Waals surface area contributed by atoms with E-state index in [1.54, 1.807) is 13.1 Å². The van der Waals surface area contributed by atoms with Gasteiger partial charge in [0.2, 0.25) is 0 Å². The molecule has 1 heterocycles. The molecule has 5 heteroatoms. The van der Waals surface area contributed by atoms with Gasteiger partial charge in [0, 0.05) is 39.8 Å². The van der Waals surface area contributed by atoms with Gasteiger partial charge in [-0.25, -0.2) is 4.68 Å². The van der Waals surface area contributed by atoms with Gasteiger partial charge in [-0.3, -0.25) is 4.79 Å². The molecule has 1 aromatic heterocycles. The standard InChI is InChI=1S/C16H18N2O2.C2H6.CH3.Y/c1-5-10-20-15-12(3)17-18(4)16(19)14(15)13-9-7-6-8-11(13)2;1-2;;/h5-9H,1,10H2,2-4H3;1-2H3;1H3;/q;;-1;. The summed E-state index contributed by atoms with van der Waals surface area (Å²) >= 11 is 0. The number of rotatable bonds is 4. The zero-order valence-corrected chi connectivity index (χ0v) is 18.4. The predicted molar refractivity (Wildman–Crippen MR) is 97.8 cm³/mol. The molecule has 0 N–H and O–H groups in total. The first-order valence-corrected chi connectivity index (χ1v) is 7.44. The Hall–Kier alpha value is -1.26. The maximum atomic E-state index is 12.5. The van der Waals surface area contributed by atoms with Crippen molar-refractivity contribution in [1.82, 2.24) is 9.78 Å². The molecule has 0 fully saturated rings. The van der Waals surface area contributed by atoms with E-state index < -0.39 is 0 Å². The average Bonchev–Trinajstić information content (AvgIpc) is 2.52. The topological polar surface area (TPSA) is 44.1 Å². The van der Waals surface area contributed by atoms with Crippen LogP contribution >= 0.6 is 0 Å². The SMILES string of the molecule is C=CCOc1c(C)nn(C)c(=O)c1-c1ccccc1C.CC.[CH3-].[Y]. The number of nitrogens with zero attached hydrogens (tertiary/aromatic N) is 2. The van der Waals surface area contributed by atoms with Crippen LogP contribution < -0.4 is 10.3 Å². The summed E-state index contributed by atoms with van der Waals surface area (Å²) in [7, 11) is 1.65. The van der Waals surface area contributed by atoms with Gasteiger partial charge < -0.3 is 12.2 Å². The Morgan fingerprint density at radius 2 is 1.83 bits per heavy atom. The first-order valence-electron chi connectivity index (χ1n) is 7.44. The number of aromatic nitrogens is 2. The van der Waals surface area contributed by atoms with Gasteiger partial charge >= 0.3 is 0 Å². The summed E-state index contributed by atoms with van der Waals surface area (Å²) in [5.74, 6) is 0.530. The van der Waals surface area contributed by atoms with E-state index in [4.69, 9.17) is 4.74 Å². The molecule has 2 rings (SSSR count). The van der Waals surface area contributed by atoms with Crippen LogP contribution in [0.4, 0.5) is 0 Å². The fraction of sp³-hybridized carbons (Fsp3) is 0.316. The first-order chi connectivity index (χ1) is 10.6. The van der Waals surface area contributed by atoms with Gasteiger partial charge in [-0.2, -0.15) is 5.10 Å². The molecule has 0 atom stereocenters.